The average molecular weight is 483 g/mol. The van der Waals surface area contributed by atoms with E-state index in [1.807, 2.05) is 43.3 Å². The number of hydrogen-bond donors (Lipinski definition) is 3. The number of nitrogens with one attached hydrogen (secondary N) is 2. The summed E-state index contributed by atoms with van der Waals surface area (Å²) in [5.74, 6) is 0.0672. The van der Waals surface area contributed by atoms with Crippen molar-refractivity contribution < 1.29 is 14.7 Å². The van der Waals surface area contributed by atoms with Gasteiger partial charge in [-0.3, -0.25) is 9.59 Å². The number of anilines is 1. The number of fused-ring (bicyclic) bond motifs is 2. The first-order valence-corrected chi connectivity index (χ1v) is 12.0. The van der Waals surface area contributed by atoms with Crippen LogP contribution in [0.4, 0.5) is 5.69 Å². The second-order valence-electron chi connectivity index (χ2n) is 9.69. The maximum Gasteiger partial charge on any atom is 0.251 e. The summed E-state index contributed by atoms with van der Waals surface area (Å²) < 4.78 is 2.24. The minimum atomic E-state index is -0.893. The van der Waals surface area contributed by atoms with E-state index in [4.69, 9.17) is 0 Å². The molecule has 0 saturated heterocycles. The highest BCUT2D eigenvalue weighted by Crippen LogP contribution is 2.32. The van der Waals surface area contributed by atoms with Crippen molar-refractivity contribution in [3.05, 3.63) is 95.2 Å². The first-order chi connectivity index (χ1) is 17.3. The predicted octanol–water partition coefficient (Wildman–Crippen LogP) is 4.14. The monoisotopic (exact) mass is 482 g/mol. The maximum absolute atomic E-state index is 13.7. The van der Waals surface area contributed by atoms with E-state index in [-0.39, 0.29) is 17.6 Å². The molecule has 7 heteroatoms. The lowest BCUT2D eigenvalue weighted by molar-refractivity contribution is -0.134. The maximum atomic E-state index is 13.7. The second kappa shape index (κ2) is 9.07. The Morgan fingerprint density at radius 1 is 1.08 bits per heavy atom. The number of amides is 2. The Morgan fingerprint density at radius 3 is 2.58 bits per heavy atom. The third-order valence-corrected chi connectivity index (χ3v) is 6.94. The van der Waals surface area contributed by atoms with E-state index in [0.717, 1.165) is 33.4 Å². The van der Waals surface area contributed by atoms with Gasteiger partial charge in [0.15, 0.2) is 0 Å². The van der Waals surface area contributed by atoms with E-state index in [2.05, 4.69) is 33.4 Å². The number of carbonyl (C=O) groups excluding carboxylic acids is 2. The fourth-order valence-electron chi connectivity index (χ4n) is 5.10. The minimum absolute atomic E-state index is 0.0124. The molecule has 0 fully saturated rings. The number of phenolic OH excluding ortho intramolecular Hbond substituents is 1. The standard InChI is InChI=1S/C29H30N4O3/c1-29(28(36)32(3)18-22-14-21(27(35)30-2)10-13-25(22)31-29)16-23-15-20-6-4-5-7-26(20)33(23)17-19-8-11-24(34)12-9-19/h4-15,31,34H,16-18H2,1-3H3,(H,30,35). The Hall–Kier alpha value is -4.26. The molecular weight excluding hydrogens is 452 g/mol. The molecule has 0 bridgehead atoms. The van der Waals surface area contributed by atoms with Gasteiger partial charge < -0.3 is 25.2 Å². The van der Waals surface area contributed by atoms with Crippen molar-refractivity contribution in [2.24, 2.45) is 0 Å². The zero-order valence-corrected chi connectivity index (χ0v) is 20.7. The minimum Gasteiger partial charge on any atom is -0.508 e. The number of likely N-dealkylation sites (N-methyl/N-ethyl adjacent to an activating group) is 1. The van der Waals surface area contributed by atoms with Crippen molar-refractivity contribution in [1.82, 2.24) is 14.8 Å². The van der Waals surface area contributed by atoms with Crippen LogP contribution < -0.4 is 10.6 Å². The lowest BCUT2D eigenvalue weighted by Crippen LogP contribution is -2.50. The summed E-state index contributed by atoms with van der Waals surface area (Å²) in [6, 6.07) is 23.1. The van der Waals surface area contributed by atoms with Crippen LogP contribution in [0.3, 0.4) is 0 Å². The molecule has 2 heterocycles. The normalized spacial score (nSPS) is 17.4. The summed E-state index contributed by atoms with van der Waals surface area (Å²) in [5.41, 5.74) is 4.61. The smallest absolute Gasteiger partial charge is 0.251 e. The Balaban J connectivity index is 1.54. The van der Waals surface area contributed by atoms with Gasteiger partial charge in [-0.05, 0) is 65.9 Å². The van der Waals surface area contributed by atoms with E-state index < -0.39 is 5.54 Å². The number of benzene rings is 3. The summed E-state index contributed by atoms with van der Waals surface area (Å²) in [5, 5.41) is 17.0. The summed E-state index contributed by atoms with van der Waals surface area (Å²) in [6.45, 7) is 2.98. The Bertz CT molecular complexity index is 1460. The van der Waals surface area contributed by atoms with Crippen LogP contribution in [0.5, 0.6) is 5.75 Å². The second-order valence-corrected chi connectivity index (χ2v) is 9.69. The van der Waals surface area contributed by atoms with Gasteiger partial charge in [-0.15, -0.1) is 0 Å². The SMILES string of the molecule is CNC(=O)c1ccc2c(c1)CN(C)C(=O)C(C)(Cc1cc3ccccc3n1Cc1ccc(O)cc1)N2. The molecule has 1 aliphatic rings. The molecule has 0 aliphatic carbocycles. The van der Waals surface area contributed by atoms with Crippen LogP contribution >= 0.6 is 0 Å². The third-order valence-electron chi connectivity index (χ3n) is 6.94. The number of phenols is 1. The first kappa shape index (κ1) is 23.5. The van der Waals surface area contributed by atoms with Crippen molar-refractivity contribution in [2.45, 2.75) is 32.0 Å². The average Bonchev–Trinajstić information content (AvgIpc) is 3.17. The number of aromatic nitrogens is 1. The largest absolute Gasteiger partial charge is 0.508 e. The van der Waals surface area contributed by atoms with Gasteiger partial charge in [0.25, 0.3) is 5.91 Å². The molecule has 3 aromatic carbocycles. The van der Waals surface area contributed by atoms with Crippen LogP contribution in [-0.2, 0) is 24.3 Å². The van der Waals surface area contributed by atoms with Gasteiger partial charge in [-0.25, -0.2) is 0 Å². The zero-order valence-electron chi connectivity index (χ0n) is 20.7. The van der Waals surface area contributed by atoms with E-state index in [1.54, 1.807) is 37.2 Å². The molecule has 0 saturated carbocycles. The fraction of sp³-hybridized carbons (Fsp3) is 0.241. The predicted molar refractivity (Wildman–Crippen MR) is 141 cm³/mol. The van der Waals surface area contributed by atoms with Crippen LogP contribution in [0, 0.1) is 0 Å². The number of para-hydroxylation sites is 1. The Labute approximate surface area is 210 Å². The number of nitrogens with zero attached hydrogens (tertiary/aromatic N) is 2. The van der Waals surface area contributed by atoms with Gasteiger partial charge in [0, 0.05) is 56.1 Å². The van der Waals surface area contributed by atoms with Crippen molar-refractivity contribution in [3.63, 3.8) is 0 Å². The van der Waals surface area contributed by atoms with Crippen LogP contribution in [0.2, 0.25) is 0 Å². The Morgan fingerprint density at radius 2 is 1.83 bits per heavy atom. The fourth-order valence-corrected chi connectivity index (χ4v) is 5.10. The molecule has 184 valence electrons. The van der Waals surface area contributed by atoms with E-state index in [9.17, 15) is 14.7 Å². The summed E-state index contributed by atoms with van der Waals surface area (Å²) in [7, 11) is 3.41. The van der Waals surface area contributed by atoms with Crippen molar-refractivity contribution in [2.75, 3.05) is 19.4 Å². The molecule has 0 radical (unpaired) electrons. The molecule has 4 aromatic rings. The van der Waals surface area contributed by atoms with E-state index >= 15 is 0 Å². The highest BCUT2D eigenvalue weighted by molar-refractivity contribution is 5.96. The molecule has 1 aromatic heterocycles. The zero-order chi connectivity index (χ0) is 25.4. The van der Waals surface area contributed by atoms with Crippen molar-refractivity contribution >= 4 is 28.4 Å². The van der Waals surface area contributed by atoms with Crippen LogP contribution in [0.25, 0.3) is 10.9 Å². The number of hydrogen-bond acceptors (Lipinski definition) is 4. The topological polar surface area (TPSA) is 86.6 Å². The van der Waals surface area contributed by atoms with Gasteiger partial charge in [-0.1, -0.05) is 30.3 Å². The number of aromatic hydroxyl groups is 1. The molecule has 2 amide bonds. The van der Waals surface area contributed by atoms with Crippen molar-refractivity contribution in [1.29, 1.82) is 0 Å². The van der Waals surface area contributed by atoms with Crippen molar-refractivity contribution in [3.8, 4) is 5.75 Å². The van der Waals surface area contributed by atoms with Gasteiger partial charge in [0.1, 0.15) is 11.3 Å². The molecule has 36 heavy (non-hydrogen) atoms. The number of carbonyl (C=O) groups is 2. The highest BCUT2D eigenvalue weighted by atomic mass is 16.3. The van der Waals surface area contributed by atoms with E-state index in [0.29, 0.717) is 25.1 Å². The molecule has 5 rings (SSSR count). The molecule has 0 spiro atoms. The first-order valence-electron chi connectivity index (χ1n) is 12.0. The van der Waals surface area contributed by atoms with Crippen LogP contribution in [-0.4, -0.2) is 46.0 Å². The molecular formula is C29H30N4O3. The number of rotatable bonds is 5. The summed E-state index contributed by atoms with van der Waals surface area (Å²) >= 11 is 0. The lowest BCUT2D eigenvalue weighted by Gasteiger charge is -2.32. The third kappa shape index (κ3) is 4.28. The molecule has 7 nitrogen and oxygen atoms in total. The lowest BCUT2D eigenvalue weighted by atomic mass is 9.93. The van der Waals surface area contributed by atoms with Gasteiger partial charge in [-0.2, -0.15) is 0 Å². The quantitative estimate of drug-likeness (QED) is 0.399. The summed E-state index contributed by atoms with van der Waals surface area (Å²) in [4.78, 5) is 27.6. The summed E-state index contributed by atoms with van der Waals surface area (Å²) in [6.07, 6.45) is 0.472. The van der Waals surface area contributed by atoms with Gasteiger partial charge in [0.05, 0.1) is 0 Å². The molecule has 1 aliphatic heterocycles. The molecule has 1 atom stereocenters. The van der Waals surface area contributed by atoms with Crippen LogP contribution in [0.1, 0.15) is 34.1 Å². The Kier molecular flexibility index (Phi) is 5.92. The molecule has 3 N–H and O–H groups in total. The molecule has 1 unspecified atom stereocenters. The van der Waals surface area contributed by atoms with E-state index in [1.165, 1.54) is 0 Å². The highest BCUT2D eigenvalue weighted by Gasteiger charge is 2.39. The van der Waals surface area contributed by atoms with Crippen LogP contribution in [0.15, 0.2) is 72.8 Å². The van der Waals surface area contributed by atoms with Gasteiger partial charge >= 0.3 is 0 Å². The van der Waals surface area contributed by atoms with Gasteiger partial charge in [0.2, 0.25) is 5.91 Å².